The molecule has 1 heterocycles. The molecule has 1 amide bonds. The van der Waals surface area contributed by atoms with Gasteiger partial charge in [-0.05, 0) is 38.8 Å². The predicted octanol–water partition coefficient (Wildman–Crippen LogP) is 0.451. The molecule has 152 valence electrons. The minimum atomic E-state index is -3.62. The lowest BCUT2D eigenvalue weighted by molar-refractivity contribution is -0.126. The number of rotatable bonds is 8. The monoisotopic (exact) mass is 417 g/mol. The van der Waals surface area contributed by atoms with Gasteiger partial charge >= 0.3 is 0 Å². The number of amides is 1. The first-order valence-corrected chi connectivity index (χ1v) is 12.1. The summed E-state index contributed by atoms with van der Waals surface area (Å²) < 4.78 is 52.1. The predicted molar refractivity (Wildman–Crippen MR) is 103 cm³/mol. The smallest absolute Gasteiger partial charge is 0.240 e. The highest BCUT2D eigenvalue weighted by Gasteiger charge is 2.31. The van der Waals surface area contributed by atoms with Crippen LogP contribution in [-0.2, 0) is 24.8 Å². The van der Waals surface area contributed by atoms with Gasteiger partial charge in [-0.2, -0.15) is 0 Å². The lowest BCUT2D eigenvalue weighted by Gasteiger charge is -2.30. The molecule has 1 unspecified atom stereocenters. The molecule has 0 bridgehead atoms. The topological polar surface area (TPSA) is 113 Å². The molecule has 1 aliphatic rings. The van der Waals surface area contributed by atoms with Gasteiger partial charge < -0.3 is 5.32 Å². The second kappa shape index (κ2) is 9.13. The Balaban J connectivity index is 1.81. The number of sulfonamides is 2. The van der Waals surface area contributed by atoms with Gasteiger partial charge in [0.1, 0.15) is 0 Å². The van der Waals surface area contributed by atoms with Crippen LogP contribution in [0.4, 0.5) is 0 Å². The van der Waals surface area contributed by atoms with Gasteiger partial charge in [-0.25, -0.2) is 25.9 Å². The maximum atomic E-state index is 12.3. The van der Waals surface area contributed by atoms with Crippen molar-refractivity contribution in [1.82, 2.24) is 14.3 Å². The molecule has 0 spiro atoms. The Morgan fingerprint density at radius 2 is 1.81 bits per heavy atom. The van der Waals surface area contributed by atoms with Gasteiger partial charge in [0.05, 0.1) is 16.6 Å². The number of hydrogen-bond donors (Lipinski definition) is 2. The van der Waals surface area contributed by atoms with Gasteiger partial charge in [0, 0.05) is 26.2 Å². The summed E-state index contributed by atoms with van der Waals surface area (Å²) in [6.45, 7) is 4.27. The van der Waals surface area contributed by atoms with E-state index in [0.29, 0.717) is 19.4 Å². The first kappa shape index (κ1) is 21.8. The van der Waals surface area contributed by atoms with E-state index >= 15 is 0 Å². The van der Waals surface area contributed by atoms with Gasteiger partial charge in [-0.1, -0.05) is 17.7 Å². The molecule has 1 aromatic carbocycles. The molecule has 0 radical (unpaired) electrons. The van der Waals surface area contributed by atoms with Gasteiger partial charge in [-0.3, -0.25) is 4.79 Å². The minimum absolute atomic E-state index is 0.0160. The van der Waals surface area contributed by atoms with Crippen molar-refractivity contribution in [3.05, 3.63) is 29.8 Å². The number of piperidine rings is 1. The largest absolute Gasteiger partial charge is 0.355 e. The van der Waals surface area contributed by atoms with E-state index in [4.69, 9.17) is 0 Å². The molecule has 2 N–H and O–H groups in total. The lowest BCUT2D eigenvalue weighted by atomic mass is 9.99. The summed E-state index contributed by atoms with van der Waals surface area (Å²) in [5.41, 5.74) is 0.966. The Kier molecular flexibility index (Phi) is 7.38. The Morgan fingerprint density at radius 1 is 1.15 bits per heavy atom. The quantitative estimate of drug-likeness (QED) is 0.597. The van der Waals surface area contributed by atoms with Gasteiger partial charge in [0.25, 0.3) is 0 Å². The third-order valence-corrected chi connectivity index (χ3v) is 7.89. The maximum Gasteiger partial charge on any atom is 0.240 e. The molecule has 1 saturated heterocycles. The molecule has 1 aliphatic heterocycles. The van der Waals surface area contributed by atoms with Crippen molar-refractivity contribution >= 4 is 26.0 Å². The summed E-state index contributed by atoms with van der Waals surface area (Å²) in [5.74, 6) is -0.642. The highest BCUT2D eigenvalue weighted by Crippen LogP contribution is 2.19. The van der Waals surface area contributed by atoms with Crippen LogP contribution in [0, 0.1) is 12.8 Å². The summed E-state index contributed by atoms with van der Waals surface area (Å²) in [6.07, 6.45) is 1.26. The summed E-state index contributed by atoms with van der Waals surface area (Å²) in [6, 6.07) is 6.49. The van der Waals surface area contributed by atoms with Crippen molar-refractivity contribution in [3.8, 4) is 0 Å². The molecule has 2 rings (SSSR count). The number of aryl methyl sites for hydroxylation is 1. The van der Waals surface area contributed by atoms with Crippen LogP contribution in [0.25, 0.3) is 0 Å². The summed E-state index contributed by atoms with van der Waals surface area (Å²) in [4.78, 5) is 12.5. The summed E-state index contributed by atoms with van der Waals surface area (Å²) in [5, 5.41) is 2.69. The van der Waals surface area contributed by atoms with Crippen molar-refractivity contribution < 1.29 is 21.6 Å². The fraction of sp³-hybridized carbons (Fsp3) is 0.588. The molecule has 27 heavy (non-hydrogen) atoms. The van der Waals surface area contributed by atoms with Crippen LogP contribution in [0.5, 0.6) is 0 Å². The molecule has 0 aromatic heterocycles. The number of carbonyl (C=O) groups is 1. The SMILES string of the molecule is CCS(=O)(=O)N1CCCC(C(=O)NCCNS(=O)(=O)c2ccc(C)cc2)C1. The molecular weight excluding hydrogens is 390 g/mol. The van der Waals surface area contributed by atoms with E-state index in [2.05, 4.69) is 10.0 Å². The third-order valence-electron chi connectivity index (χ3n) is 4.56. The average Bonchev–Trinajstić information content (AvgIpc) is 2.65. The van der Waals surface area contributed by atoms with E-state index in [1.807, 2.05) is 6.92 Å². The van der Waals surface area contributed by atoms with Crippen LogP contribution in [0.1, 0.15) is 25.3 Å². The van der Waals surface area contributed by atoms with Gasteiger partial charge in [0.15, 0.2) is 0 Å². The maximum absolute atomic E-state index is 12.3. The van der Waals surface area contributed by atoms with E-state index in [1.165, 1.54) is 16.4 Å². The minimum Gasteiger partial charge on any atom is -0.355 e. The van der Waals surface area contributed by atoms with Gasteiger partial charge in [0.2, 0.25) is 26.0 Å². The van der Waals surface area contributed by atoms with E-state index in [9.17, 15) is 21.6 Å². The lowest BCUT2D eigenvalue weighted by Crippen LogP contribution is -2.46. The van der Waals surface area contributed by atoms with E-state index in [1.54, 1.807) is 19.1 Å². The van der Waals surface area contributed by atoms with Crippen molar-refractivity contribution in [2.24, 2.45) is 5.92 Å². The van der Waals surface area contributed by atoms with Crippen molar-refractivity contribution in [1.29, 1.82) is 0 Å². The van der Waals surface area contributed by atoms with Crippen LogP contribution < -0.4 is 10.0 Å². The summed E-state index contributed by atoms with van der Waals surface area (Å²) >= 11 is 0. The molecule has 10 heteroatoms. The standard InChI is InChI=1S/C17H27N3O5S2/c1-3-26(22,23)20-12-4-5-15(13-20)17(21)18-10-11-19-27(24,25)16-8-6-14(2)7-9-16/h6-9,15,19H,3-5,10-13H2,1-2H3,(H,18,21). The Labute approximate surface area is 161 Å². The Bertz CT molecular complexity index is 851. The summed E-state index contributed by atoms with van der Waals surface area (Å²) in [7, 11) is -6.92. The zero-order chi connectivity index (χ0) is 20.1. The zero-order valence-electron chi connectivity index (χ0n) is 15.6. The second-order valence-corrected chi connectivity index (χ2v) is 10.6. The molecule has 0 aliphatic carbocycles. The fourth-order valence-electron chi connectivity index (χ4n) is 2.91. The first-order valence-electron chi connectivity index (χ1n) is 8.97. The molecular formula is C17H27N3O5S2. The Hall–Kier alpha value is -1.49. The average molecular weight is 418 g/mol. The normalized spacial score (nSPS) is 19.0. The van der Waals surface area contributed by atoms with Gasteiger partial charge in [-0.15, -0.1) is 0 Å². The first-order chi connectivity index (χ1) is 12.7. The second-order valence-electron chi connectivity index (χ2n) is 6.60. The van der Waals surface area contributed by atoms with Crippen LogP contribution >= 0.6 is 0 Å². The highest BCUT2D eigenvalue weighted by atomic mass is 32.2. The van der Waals surface area contributed by atoms with E-state index in [-0.39, 0.29) is 36.2 Å². The zero-order valence-corrected chi connectivity index (χ0v) is 17.3. The van der Waals surface area contributed by atoms with Crippen molar-refractivity contribution in [2.45, 2.75) is 31.6 Å². The van der Waals surface area contributed by atoms with E-state index in [0.717, 1.165) is 5.56 Å². The van der Waals surface area contributed by atoms with Crippen molar-refractivity contribution in [2.75, 3.05) is 31.9 Å². The van der Waals surface area contributed by atoms with Crippen molar-refractivity contribution in [3.63, 3.8) is 0 Å². The van der Waals surface area contributed by atoms with Crippen LogP contribution in [0.15, 0.2) is 29.2 Å². The number of nitrogens with one attached hydrogen (secondary N) is 2. The molecule has 0 saturated carbocycles. The molecule has 1 atom stereocenters. The molecule has 1 fully saturated rings. The van der Waals surface area contributed by atoms with Crippen LogP contribution in [-0.4, -0.2) is 59.0 Å². The highest BCUT2D eigenvalue weighted by molar-refractivity contribution is 7.89. The number of nitrogens with zero attached hydrogens (tertiary/aromatic N) is 1. The third kappa shape index (κ3) is 6.00. The Morgan fingerprint density at radius 3 is 2.44 bits per heavy atom. The number of benzene rings is 1. The van der Waals surface area contributed by atoms with Crippen LogP contribution in [0.2, 0.25) is 0 Å². The molecule has 8 nitrogen and oxygen atoms in total. The van der Waals surface area contributed by atoms with E-state index < -0.39 is 26.0 Å². The van der Waals surface area contributed by atoms with Crippen LogP contribution in [0.3, 0.4) is 0 Å². The molecule has 1 aromatic rings. The number of hydrogen-bond acceptors (Lipinski definition) is 5. The number of carbonyl (C=O) groups excluding carboxylic acids is 1. The fourth-order valence-corrected chi connectivity index (χ4v) is 5.12.